The molecule has 2 aromatic heterocycles. The van der Waals surface area contributed by atoms with Crippen LogP contribution in [-0.4, -0.2) is 17.5 Å². The summed E-state index contributed by atoms with van der Waals surface area (Å²) in [5.41, 5.74) is 1.51. The number of rotatable bonds is 1. The third-order valence-corrected chi connectivity index (χ3v) is 2.65. The molecule has 0 saturated heterocycles. The van der Waals surface area contributed by atoms with Gasteiger partial charge in [0.15, 0.2) is 0 Å². The van der Waals surface area contributed by atoms with Gasteiger partial charge in [-0.2, -0.15) is 0 Å². The summed E-state index contributed by atoms with van der Waals surface area (Å²) in [6.07, 6.45) is 1.74. The molecule has 0 radical (unpaired) electrons. The van der Waals surface area contributed by atoms with E-state index in [1.165, 1.54) is 7.11 Å². The Morgan fingerprint density at radius 3 is 2.93 bits per heavy atom. The van der Waals surface area contributed by atoms with Crippen LogP contribution in [0.2, 0.25) is 0 Å². The second-order valence-corrected chi connectivity index (χ2v) is 3.68. The normalized spacial score (nSPS) is 10.4. The number of pyridine rings is 1. The first-order valence-electron chi connectivity index (χ1n) is 4.07. The average molecular weight is 254 g/mol. The van der Waals surface area contributed by atoms with Crippen LogP contribution < -0.4 is 0 Å². The van der Waals surface area contributed by atoms with Crippen molar-refractivity contribution in [2.24, 2.45) is 0 Å². The first-order valence-corrected chi connectivity index (χ1v) is 4.86. The van der Waals surface area contributed by atoms with E-state index in [4.69, 9.17) is 0 Å². The van der Waals surface area contributed by atoms with E-state index in [1.807, 2.05) is 22.6 Å². The molecule has 4 heteroatoms. The Bertz CT molecular complexity index is 490. The maximum absolute atomic E-state index is 11.2. The number of ether oxygens (including phenoxy) is 1. The largest absolute Gasteiger partial charge is 0.465 e. The van der Waals surface area contributed by atoms with Crippen LogP contribution in [0.4, 0.5) is 0 Å². The number of nitrogens with zero attached hydrogens (tertiary/aromatic N) is 1. The second kappa shape index (κ2) is 3.46. The van der Waals surface area contributed by atoms with Crippen molar-refractivity contribution in [3.63, 3.8) is 0 Å². The van der Waals surface area contributed by atoms with Crippen molar-refractivity contribution >= 4 is 27.4 Å². The van der Waals surface area contributed by atoms with Crippen molar-refractivity contribution in [2.45, 2.75) is 0 Å². The summed E-state index contributed by atoms with van der Waals surface area (Å²) in [6, 6.07) is 7.54. The fraction of sp³-hybridized carbons (Fsp3) is 0.100. The van der Waals surface area contributed by atoms with Crippen molar-refractivity contribution in [2.75, 3.05) is 7.11 Å². The van der Waals surface area contributed by atoms with E-state index < -0.39 is 0 Å². The van der Waals surface area contributed by atoms with Crippen molar-refractivity contribution in [3.05, 3.63) is 40.6 Å². The first kappa shape index (κ1) is 9.27. The minimum absolute atomic E-state index is 0.319. The van der Waals surface area contributed by atoms with Gasteiger partial charge < -0.3 is 9.14 Å². The molecule has 0 amide bonds. The fourth-order valence-corrected chi connectivity index (χ4v) is 1.79. The first-order chi connectivity index (χ1) is 6.72. The van der Waals surface area contributed by atoms with Crippen LogP contribution in [0.25, 0.3) is 5.52 Å². The molecule has 72 valence electrons. The highest BCUT2D eigenvalue weighted by Crippen LogP contribution is 2.17. The van der Waals surface area contributed by atoms with Gasteiger partial charge in [0.05, 0.1) is 17.3 Å². The molecule has 2 aromatic rings. The molecule has 0 N–H and O–H groups in total. The predicted octanol–water partition coefficient (Wildman–Crippen LogP) is 2.49. The standard InChI is InChI=1S/C10H8BrNO2/c1-14-10(13)7-5-8-3-2-4-9(11)12(8)6-7/h2-6H,1H3. The summed E-state index contributed by atoms with van der Waals surface area (Å²) < 4.78 is 7.43. The molecule has 0 spiro atoms. The van der Waals surface area contributed by atoms with E-state index in [0.717, 1.165) is 10.1 Å². The molecule has 0 unspecified atom stereocenters. The smallest absolute Gasteiger partial charge is 0.339 e. The molecular weight excluding hydrogens is 246 g/mol. The molecule has 0 aliphatic carbocycles. The Labute approximate surface area is 89.4 Å². The summed E-state index contributed by atoms with van der Waals surface area (Å²) in [6.45, 7) is 0. The lowest BCUT2D eigenvalue weighted by Gasteiger charge is -1.95. The van der Waals surface area contributed by atoms with Crippen molar-refractivity contribution in [1.82, 2.24) is 4.40 Å². The van der Waals surface area contributed by atoms with Crippen LogP contribution in [0.1, 0.15) is 10.4 Å². The Morgan fingerprint density at radius 2 is 2.29 bits per heavy atom. The molecule has 0 saturated carbocycles. The van der Waals surface area contributed by atoms with E-state index in [1.54, 1.807) is 12.3 Å². The topological polar surface area (TPSA) is 30.7 Å². The zero-order chi connectivity index (χ0) is 10.1. The monoisotopic (exact) mass is 253 g/mol. The van der Waals surface area contributed by atoms with Crippen LogP contribution in [0.3, 0.4) is 0 Å². The second-order valence-electron chi connectivity index (χ2n) is 2.86. The van der Waals surface area contributed by atoms with E-state index in [0.29, 0.717) is 5.56 Å². The summed E-state index contributed by atoms with van der Waals surface area (Å²) >= 11 is 3.39. The molecule has 2 heterocycles. The number of hydrogen-bond acceptors (Lipinski definition) is 2. The van der Waals surface area contributed by atoms with E-state index in [-0.39, 0.29) is 5.97 Å². The quantitative estimate of drug-likeness (QED) is 0.578. The molecule has 0 fully saturated rings. The molecule has 0 aromatic carbocycles. The van der Waals surface area contributed by atoms with Gasteiger partial charge in [-0.1, -0.05) is 6.07 Å². The van der Waals surface area contributed by atoms with Crippen LogP contribution >= 0.6 is 15.9 Å². The molecule has 2 rings (SSSR count). The number of methoxy groups -OCH3 is 1. The summed E-state index contributed by atoms with van der Waals surface area (Å²) in [7, 11) is 1.37. The van der Waals surface area contributed by atoms with Gasteiger partial charge >= 0.3 is 5.97 Å². The lowest BCUT2D eigenvalue weighted by molar-refractivity contribution is 0.0601. The van der Waals surface area contributed by atoms with Crippen LogP contribution in [-0.2, 0) is 4.74 Å². The molecule has 0 bridgehead atoms. The van der Waals surface area contributed by atoms with Crippen LogP contribution in [0.15, 0.2) is 35.1 Å². The number of carbonyl (C=O) groups is 1. The van der Waals surface area contributed by atoms with Gasteiger partial charge in [-0.15, -0.1) is 0 Å². The van der Waals surface area contributed by atoms with Gasteiger partial charge in [0.2, 0.25) is 0 Å². The van der Waals surface area contributed by atoms with E-state index in [9.17, 15) is 4.79 Å². The third-order valence-electron chi connectivity index (χ3n) is 2.00. The van der Waals surface area contributed by atoms with Gasteiger partial charge in [0.1, 0.15) is 0 Å². The molecule has 3 nitrogen and oxygen atoms in total. The van der Waals surface area contributed by atoms with Crippen LogP contribution in [0.5, 0.6) is 0 Å². The van der Waals surface area contributed by atoms with Gasteiger partial charge in [0.25, 0.3) is 0 Å². The van der Waals surface area contributed by atoms with Crippen molar-refractivity contribution in [1.29, 1.82) is 0 Å². The van der Waals surface area contributed by atoms with E-state index in [2.05, 4.69) is 20.7 Å². The number of hydrogen-bond donors (Lipinski definition) is 0. The number of carbonyl (C=O) groups excluding carboxylic acids is 1. The number of fused-ring (bicyclic) bond motifs is 1. The number of halogens is 1. The minimum atomic E-state index is -0.319. The highest BCUT2D eigenvalue weighted by Gasteiger charge is 2.08. The lowest BCUT2D eigenvalue weighted by Crippen LogP contribution is -1.98. The molecule has 14 heavy (non-hydrogen) atoms. The Hall–Kier alpha value is -1.29. The molecule has 0 aliphatic heterocycles. The zero-order valence-corrected chi connectivity index (χ0v) is 9.11. The maximum atomic E-state index is 11.2. The summed E-state index contributed by atoms with van der Waals surface area (Å²) in [4.78, 5) is 11.2. The predicted molar refractivity (Wildman–Crippen MR) is 56.4 cm³/mol. The Balaban J connectivity index is 2.62. The average Bonchev–Trinajstić information content (AvgIpc) is 2.62. The Morgan fingerprint density at radius 1 is 1.50 bits per heavy atom. The molecule has 0 atom stereocenters. The SMILES string of the molecule is COC(=O)c1cc2cccc(Br)n2c1. The summed E-state index contributed by atoms with van der Waals surface area (Å²) in [5, 5.41) is 0. The fourth-order valence-electron chi connectivity index (χ4n) is 1.33. The van der Waals surface area contributed by atoms with Gasteiger partial charge in [-0.05, 0) is 34.1 Å². The number of esters is 1. The highest BCUT2D eigenvalue weighted by molar-refractivity contribution is 9.10. The Kier molecular flexibility index (Phi) is 2.29. The van der Waals surface area contributed by atoms with Crippen molar-refractivity contribution in [3.8, 4) is 0 Å². The minimum Gasteiger partial charge on any atom is -0.465 e. The van der Waals surface area contributed by atoms with Gasteiger partial charge in [-0.25, -0.2) is 4.79 Å². The highest BCUT2D eigenvalue weighted by atomic mass is 79.9. The van der Waals surface area contributed by atoms with Gasteiger partial charge in [0, 0.05) is 11.7 Å². The van der Waals surface area contributed by atoms with Crippen molar-refractivity contribution < 1.29 is 9.53 Å². The van der Waals surface area contributed by atoms with E-state index >= 15 is 0 Å². The zero-order valence-electron chi connectivity index (χ0n) is 7.53. The van der Waals surface area contributed by atoms with Gasteiger partial charge in [-0.3, -0.25) is 0 Å². The maximum Gasteiger partial charge on any atom is 0.339 e. The summed E-state index contributed by atoms with van der Waals surface area (Å²) in [5.74, 6) is -0.319. The third kappa shape index (κ3) is 1.42. The van der Waals surface area contributed by atoms with Crippen LogP contribution in [0, 0.1) is 0 Å². The molecule has 0 aliphatic rings. The lowest BCUT2D eigenvalue weighted by atomic mass is 10.3. The molecular formula is C10H8BrNO2. The number of aromatic nitrogens is 1.